The Morgan fingerprint density at radius 2 is 1.83 bits per heavy atom. The highest BCUT2D eigenvalue weighted by molar-refractivity contribution is 5.21. The van der Waals surface area contributed by atoms with Crippen LogP contribution in [0.2, 0.25) is 0 Å². The van der Waals surface area contributed by atoms with Crippen molar-refractivity contribution in [3.63, 3.8) is 0 Å². The SMILES string of the molecule is C1=CC[C@@H](c2ccccc2)CC1. The molecule has 0 heteroatoms. The molecule has 62 valence electrons. The highest BCUT2D eigenvalue weighted by Crippen LogP contribution is 2.28. The molecule has 0 heterocycles. The van der Waals surface area contributed by atoms with Gasteiger partial charge < -0.3 is 0 Å². The molecule has 1 aromatic rings. The number of hydrogen-bond acceptors (Lipinski definition) is 0. The average molecular weight is 158 g/mol. The summed E-state index contributed by atoms with van der Waals surface area (Å²) in [5.41, 5.74) is 1.50. The largest absolute Gasteiger partial charge is 0.0885 e. The highest BCUT2D eigenvalue weighted by atomic mass is 14.2. The van der Waals surface area contributed by atoms with Crippen molar-refractivity contribution in [1.82, 2.24) is 0 Å². The molecule has 1 aromatic carbocycles. The van der Waals surface area contributed by atoms with Crippen molar-refractivity contribution in [3.05, 3.63) is 48.0 Å². The monoisotopic (exact) mass is 158 g/mol. The Labute approximate surface area is 73.9 Å². The van der Waals surface area contributed by atoms with Crippen molar-refractivity contribution in [3.8, 4) is 0 Å². The minimum atomic E-state index is 0.774. The Morgan fingerprint density at radius 3 is 2.50 bits per heavy atom. The smallest absolute Gasteiger partial charge is 0.0124 e. The summed E-state index contributed by atoms with van der Waals surface area (Å²) < 4.78 is 0. The minimum Gasteiger partial charge on any atom is -0.0885 e. The van der Waals surface area contributed by atoms with Crippen molar-refractivity contribution < 1.29 is 0 Å². The molecule has 0 bridgehead atoms. The maximum Gasteiger partial charge on any atom is -0.0124 e. The second-order valence-electron chi connectivity index (χ2n) is 3.39. The van der Waals surface area contributed by atoms with E-state index < -0.39 is 0 Å². The Bertz CT molecular complexity index is 259. The first-order valence-electron chi connectivity index (χ1n) is 4.67. The summed E-state index contributed by atoms with van der Waals surface area (Å²) in [5.74, 6) is 0.774. The zero-order chi connectivity index (χ0) is 8.23. The predicted octanol–water partition coefficient (Wildman–Crippen LogP) is 3.51. The van der Waals surface area contributed by atoms with Gasteiger partial charge in [0.15, 0.2) is 0 Å². The van der Waals surface area contributed by atoms with Crippen molar-refractivity contribution in [2.75, 3.05) is 0 Å². The van der Waals surface area contributed by atoms with Crippen LogP contribution in [0.15, 0.2) is 42.5 Å². The van der Waals surface area contributed by atoms with E-state index in [-0.39, 0.29) is 0 Å². The molecule has 0 spiro atoms. The lowest BCUT2D eigenvalue weighted by atomic mass is 9.88. The van der Waals surface area contributed by atoms with Crippen LogP contribution < -0.4 is 0 Å². The molecule has 0 unspecified atom stereocenters. The molecule has 0 amide bonds. The first kappa shape index (κ1) is 7.60. The summed E-state index contributed by atoms with van der Waals surface area (Å²) in [5, 5.41) is 0. The quantitative estimate of drug-likeness (QED) is 0.549. The van der Waals surface area contributed by atoms with Crippen molar-refractivity contribution in [2.24, 2.45) is 0 Å². The fourth-order valence-electron chi connectivity index (χ4n) is 1.82. The van der Waals surface area contributed by atoms with Crippen molar-refractivity contribution in [1.29, 1.82) is 0 Å². The summed E-state index contributed by atoms with van der Waals surface area (Å²) in [6.07, 6.45) is 8.39. The van der Waals surface area contributed by atoms with E-state index >= 15 is 0 Å². The molecule has 0 N–H and O–H groups in total. The van der Waals surface area contributed by atoms with Gasteiger partial charge in [-0.3, -0.25) is 0 Å². The molecule has 0 aromatic heterocycles. The third-order valence-electron chi connectivity index (χ3n) is 2.54. The minimum absolute atomic E-state index is 0.774. The number of allylic oxidation sites excluding steroid dienone is 2. The standard InChI is InChI=1S/C12H14/c1-3-7-11(8-4-1)12-9-5-2-6-10-12/h1-5,7-8,12H,6,9-10H2/t12-/m1/s1. The highest BCUT2D eigenvalue weighted by Gasteiger charge is 2.10. The number of rotatable bonds is 1. The first-order chi connectivity index (χ1) is 5.97. The van der Waals surface area contributed by atoms with Gasteiger partial charge in [-0.05, 0) is 30.7 Å². The van der Waals surface area contributed by atoms with Crippen LogP contribution in [0.5, 0.6) is 0 Å². The lowest BCUT2D eigenvalue weighted by molar-refractivity contribution is 0.617. The lowest BCUT2D eigenvalue weighted by Crippen LogP contribution is -1.99. The number of hydrogen-bond donors (Lipinski definition) is 0. The van der Waals surface area contributed by atoms with Crippen LogP contribution in [0.4, 0.5) is 0 Å². The number of benzene rings is 1. The molecule has 12 heavy (non-hydrogen) atoms. The van der Waals surface area contributed by atoms with Crippen LogP contribution in [0, 0.1) is 0 Å². The zero-order valence-electron chi connectivity index (χ0n) is 7.24. The predicted molar refractivity (Wildman–Crippen MR) is 52.2 cm³/mol. The summed E-state index contributed by atoms with van der Waals surface area (Å²) >= 11 is 0. The lowest BCUT2D eigenvalue weighted by Gasteiger charge is -2.17. The Hall–Kier alpha value is -1.04. The molecule has 1 atom stereocenters. The maximum atomic E-state index is 2.31. The van der Waals surface area contributed by atoms with Gasteiger partial charge in [-0.25, -0.2) is 0 Å². The van der Waals surface area contributed by atoms with Crippen LogP contribution in [0.25, 0.3) is 0 Å². The van der Waals surface area contributed by atoms with E-state index in [4.69, 9.17) is 0 Å². The van der Waals surface area contributed by atoms with Crippen LogP contribution in [0.1, 0.15) is 30.7 Å². The maximum absolute atomic E-state index is 2.31. The molecule has 0 saturated heterocycles. The van der Waals surface area contributed by atoms with Crippen molar-refractivity contribution in [2.45, 2.75) is 25.2 Å². The second-order valence-corrected chi connectivity index (χ2v) is 3.39. The van der Waals surface area contributed by atoms with E-state index in [2.05, 4.69) is 42.5 Å². The molecule has 1 aliphatic carbocycles. The summed E-state index contributed by atoms with van der Waals surface area (Å²) in [6, 6.07) is 10.8. The first-order valence-corrected chi connectivity index (χ1v) is 4.67. The van der Waals surface area contributed by atoms with Crippen molar-refractivity contribution >= 4 is 0 Å². The summed E-state index contributed by atoms with van der Waals surface area (Å²) in [4.78, 5) is 0. The van der Waals surface area contributed by atoms with E-state index in [1.165, 1.54) is 24.8 Å². The fraction of sp³-hybridized carbons (Fsp3) is 0.333. The molecule has 0 nitrogen and oxygen atoms in total. The van der Waals surface area contributed by atoms with Gasteiger partial charge in [0.25, 0.3) is 0 Å². The Kier molecular flexibility index (Phi) is 2.26. The molecule has 1 aliphatic rings. The van der Waals surface area contributed by atoms with Crippen LogP contribution in [0.3, 0.4) is 0 Å². The normalized spacial score (nSPS) is 22.5. The van der Waals surface area contributed by atoms with E-state index in [1.54, 1.807) is 0 Å². The van der Waals surface area contributed by atoms with E-state index in [0.29, 0.717) is 0 Å². The molecule has 0 radical (unpaired) electrons. The molecule has 2 rings (SSSR count). The zero-order valence-corrected chi connectivity index (χ0v) is 7.24. The molecular weight excluding hydrogens is 144 g/mol. The Balaban J connectivity index is 2.15. The molecular formula is C12H14. The van der Waals surface area contributed by atoms with Gasteiger partial charge in [-0.1, -0.05) is 42.5 Å². The molecule has 0 fully saturated rings. The molecule has 0 saturated carbocycles. The van der Waals surface area contributed by atoms with Gasteiger partial charge in [0, 0.05) is 0 Å². The van der Waals surface area contributed by atoms with Crippen LogP contribution >= 0.6 is 0 Å². The Morgan fingerprint density at radius 1 is 1.00 bits per heavy atom. The average Bonchev–Trinajstić information content (AvgIpc) is 2.21. The second kappa shape index (κ2) is 3.57. The third kappa shape index (κ3) is 1.58. The van der Waals surface area contributed by atoms with Crippen LogP contribution in [-0.2, 0) is 0 Å². The van der Waals surface area contributed by atoms with E-state index in [1.807, 2.05) is 0 Å². The van der Waals surface area contributed by atoms with Gasteiger partial charge >= 0.3 is 0 Å². The van der Waals surface area contributed by atoms with Gasteiger partial charge in [0.2, 0.25) is 0 Å². The van der Waals surface area contributed by atoms with Gasteiger partial charge in [-0.2, -0.15) is 0 Å². The molecule has 0 aliphatic heterocycles. The third-order valence-corrected chi connectivity index (χ3v) is 2.54. The van der Waals surface area contributed by atoms with Crippen LogP contribution in [-0.4, -0.2) is 0 Å². The van der Waals surface area contributed by atoms with E-state index in [0.717, 1.165) is 5.92 Å². The fourth-order valence-corrected chi connectivity index (χ4v) is 1.82. The topological polar surface area (TPSA) is 0 Å². The van der Waals surface area contributed by atoms with Gasteiger partial charge in [0.1, 0.15) is 0 Å². The van der Waals surface area contributed by atoms with Gasteiger partial charge in [0.05, 0.1) is 0 Å². The summed E-state index contributed by atoms with van der Waals surface area (Å²) in [7, 11) is 0. The summed E-state index contributed by atoms with van der Waals surface area (Å²) in [6.45, 7) is 0. The van der Waals surface area contributed by atoms with Gasteiger partial charge in [-0.15, -0.1) is 0 Å². The van der Waals surface area contributed by atoms with E-state index in [9.17, 15) is 0 Å².